The van der Waals surface area contributed by atoms with Gasteiger partial charge in [-0.25, -0.2) is 4.79 Å². The van der Waals surface area contributed by atoms with Gasteiger partial charge in [0.2, 0.25) is 0 Å². The van der Waals surface area contributed by atoms with Crippen molar-refractivity contribution in [1.29, 1.82) is 0 Å². The number of hydrogen-bond donors (Lipinski definition) is 0. The molecule has 5 heteroatoms. The van der Waals surface area contributed by atoms with Gasteiger partial charge in [0.1, 0.15) is 0 Å². The fraction of sp³-hybridized carbons (Fsp3) is 0.100. The molecule has 0 saturated heterocycles. The van der Waals surface area contributed by atoms with Crippen molar-refractivity contribution in [3.63, 3.8) is 0 Å². The van der Waals surface area contributed by atoms with Crippen LogP contribution in [0.1, 0.15) is 5.56 Å². The summed E-state index contributed by atoms with van der Waals surface area (Å²) in [5, 5.41) is 0. The molecule has 0 aliphatic carbocycles. The van der Waals surface area contributed by atoms with Gasteiger partial charge in [0.15, 0.2) is 0 Å². The molecule has 0 bridgehead atoms. The van der Waals surface area contributed by atoms with E-state index >= 15 is 0 Å². The number of carbonyl (C=O) groups is 1. The number of carbonyl (C=O) groups excluding carboxylic acids is 1. The monoisotopic (exact) mass is 226 g/mol. The van der Waals surface area contributed by atoms with E-state index in [0.717, 1.165) is 17.9 Å². The van der Waals surface area contributed by atoms with E-state index in [-0.39, 0.29) is 0 Å². The molecule has 1 aromatic carbocycles. The summed E-state index contributed by atoms with van der Waals surface area (Å²) in [6.45, 7) is 0. The van der Waals surface area contributed by atoms with E-state index in [1.165, 1.54) is 6.08 Å². The predicted molar refractivity (Wildman–Crippen MR) is 56.4 cm³/mol. The molecular formula is C10H10O4S. The molecule has 0 aliphatic heterocycles. The molecule has 0 heterocycles. The smallest absolute Gasteiger partial charge is 0.342 e. The SMILES string of the molecule is CS(=O)(=O)OC(=O)/C=C/c1ccccc1. The molecule has 0 saturated carbocycles. The summed E-state index contributed by atoms with van der Waals surface area (Å²) >= 11 is 0. The van der Waals surface area contributed by atoms with Crippen molar-refractivity contribution < 1.29 is 17.4 Å². The van der Waals surface area contributed by atoms with Crippen LogP contribution in [0.15, 0.2) is 36.4 Å². The summed E-state index contributed by atoms with van der Waals surface area (Å²) in [7, 11) is -3.73. The second-order valence-corrected chi connectivity index (χ2v) is 4.43. The first-order chi connectivity index (χ1) is 6.97. The van der Waals surface area contributed by atoms with Gasteiger partial charge >= 0.3 is 16.1 Å². The molecule has 1 aromatic rings. The van der Waals surface area contributed by atoms with Crippen molar-refractivity contribution in [2.24, 2.45) is 0 Å². The van der Waals surface area contributed by atoms with Gasteiger partial charge in [0.25, 0.3) is 0 Å². The second-order valence-electron chi connectivity index (χ2n) is 2.85. The average Bonchev–Trinajstić information content (AvgIpc) is 2.14. The zero-order valence-electron chi connectivity index (χ0n) is 8.08. The first kappa shape index (κ1) is 11.5. The van der Waals surface area contributed by atoms with Crippen LogP contribution in [0.4, 0.5) is 0 Å². The van der Waals surface area contributed by atoms with Gasteiger partial charge in [0.05, 0.1) is 6.26 Å². The van der Waals surface area contributed by atoms with Gasteiger partial charge in [-0.1, -0.05) is 30.3 Å². The van der Waals surface area contributed by atoms with Crippen molar-refractivity contribution in [3.8, 4) is 0 Å². The van der Waals surface area contributed by atoms with Crippen LogP contribution in [-0.4, -0.2) is 20.6 Å². The van der Waals surface area contributed by atoms with Gasteiger partial charge in [-0.15, -0.1) is 0 Å². The normalized spacial score (nSPS) is 11.5. The summed E-state index contributed by atoms with van der Waals surface area (Å²) in [5.41, 5.74) is 0.794. The maximum absolute atomic E-state index is 10.9. The standard InChI is InChI=1S/C10H10O4S/c1-15(12,13)14-10(11)8-7-9-5-3-2-4-6-9/h2-8H,1H3/b8-7+. The first-order valence-electron chi connectivity index (χ1n) is 4.14. The zero-order chi connectivity index (χ0) is 11.3. The average molecular weight is 226 g/mol. The molecule has 0 spiro atoms. The summed E-state index contributed by atoms with van der Waals surface area (Å²) in [6, 6.07) is 9.02. The molecule has 0 N–H and O–H groups in total. The Morgan fingerprint density at radius 2 is 1.87 bits per heavy atom. The van der Waals surface area contributed by atoms with Crippen LogP contribution in [0, 0.1) is 0 Å². The van der Waals surface area contributed by atoms with Crippen molar-refractivity contribution >= 4 is 22.2 Å². The maximum Gasteiger partial charge on any atom is 0.346 e. The third-order valence-corrected chi connectivity index (χ3v) is 1.91. The minimum Gasteiger partial charge on any atom is -0.342 e. The van der Waals surface area contributed by atoms with Crippen LogP contribution in [0.25, 0.3) is 6.08 Å². The second kappa shape index (κ2) is 4.75. The molecule has 15 heavy (non-hydrogen) atoms. The van der Waals surface area contributed by atoms with E-state index in [9.17, 15) is 13.2 Å². The topological polar surface area (TPSA) is 60.4 Å². The molecule has 0 aromatic heterocycles. The lowest BCUT2D eigenvalue weighted by molar-refractivity contribution is -0.128. The van der Waals surface area contributed by atoms with Crippen LogP contribution in [0.3, 0.4) is 0 Å². The molecule has 0 atom stereocenters. The van der Waals surface area contributed by atoms with Gasteiger partial charge in [0, 0.05) is 6.08 Å². The van der Waals surface area contributed by atoms with Gasteiger partial charge < -0.3 is 4.18 Å². The molecule has 80 valence electrons. The van der Waals surface area contributed by atoms with Gasteiger partial charge in [-0.2, -0.15) is 8.42 Å². The third kappa shape index (κ3) is 4.97. The molecule has 4 nitrogen and oxygen atoms in total. The van der Waals surface area contributed by atoms with E-state index in [4.69, 9.17) is 0 Å². The van der Waals surface area contributed by atoms with Crippen LogP contribution < -0.4 is 0 Å². The Labute approximate surface area is 88.3 Å². The maximum atomic E-state index is 10.9. The predicted octanol–water partition coefficient (Wildman–Crippen LogP) is 1.20. The Morgan fingerprint density at radius 3 is 2.40 bits per heavy atom. The highest BCUT2D eigenvalue weighted by atomic mass is 32.2. The van der Waals surface area contributed by atoms with E-state index in [0.29, 0.717) is 0 Å². The first-order valence-corrected chi connectivity index (χ1v) is 5.95. The van der Waals surface area contributed by atoms with E-state index in [1.54, 1.807) is 12.1 Å². The lowest BCUT2D eigenvalue weighted by Crippen LogP contribution is -2.08. The molecule has 0 unspecified atom stereocenters. The quantitative estimate of drug-likeness (QED) is 0.574. The van der Waals surface area contributed by atoms with Gasteiger partial charge in [-0.05, 0) is 11.6 Å². The van der Waals surface area contributed by atoms with Crippen molar-refractivity contribution in [1.82, 2.24) is 0 Å². The fourth-order valence-corrected chi connectivity index (χ4v) is 1.26. The highest BCUT2D eigenvalue weighted by Crippen LogP contribution is 2.01. The largest absolute Gasteiger partial charge is 0.346 e. The minimum atomic E-state index is -3.73. The highest BCUT2D eigenvalue weighted by Gasteiger charge is 2.06. The van der Waals surface area contributed by atoms with E-state index in [1.807, 2.05) is 18.2 Å². The minimum absolute atomic E-state index is 0.794. The zero-order valence-corrected chi connectivity index (χ0v) is 8.90. The molecular weight excluding hydrogens is 216 g/mol. The van der Waals surface area contributed by atoms with Crippen LogP contribution >= 0.6 is 0 Å². The van der Waals surface area contributed by atoms with Crippen LogP contribution in [0.2, 0.25) is 0 Å². The van der Waals surface area contributed by atoms with E-state index in [2.05, 4.69) is 4.18 Å². The molecule has 0 aliphatic rings. The number of hydrogen-bond acceptors (Lipinski definition) is 4. The Kier molecular flexibility index (Phi) is 3.62. The number of rotatable bonds is 3. The molecule has 1 rings (SSSR count). The Hall–Kier alpha value is -1.62. The molecule has 0 amide bonds. The van der Waals surface area contributed by atoms with Gasteiger partial charge in [-0.3, -0.25) is 0 Å². The van der Waals surface area contributed by atoms with Crippen molar-refractivity contribution in [3.05, 3.63) is 42.0 Å². The third-order valence-electron chi connectivity index (χ3n) is 1.44. The van der Waals surface area contributed by atoms with Crippen LogP contribution in [-0.2, 0) is 19.1 Å². The molecule has 0 radical (unpaired) electrons. The fourth-order valence-electron chi connectivity index (χ4n) is 0.905. The Balaban J connectivity index is 2.64. The summed E-state index contributed by atoms with van der Waals surface area (Å²) in [5.74, 6) is -0.902. The van der Waals surface area contributed by atoms with Crippen molar-refractivity contribution in [2.45, 2.75) is 0 Å². The Morgan fingerprint density at radius 1 is 1.27 bits per heavy atom. The summed E-state index contributed by atoms with van der Waals surface area (Å²) in [4.78, 5) is 10.9. The van der Waals surface area contributed by atoms with Crippen LogP contribution in [0.5, 0.6) is 0 Å². The summed E-state index contributed by atoms with van der Waals surface area (Å²) < 4.78 is 25.3. The Bertz CT molecular complexity index is 459. The summed E-state index contributed by atoms with van der Waals surface area (Å²) in [6.07, 6.45) is 3.37. The number of benzene rings is 1. The lowest BCUT2D eigenvalue weighted by Gasteiger charge is -1.95. The lowest BCUT2D eigenvalue weighted by atomic mass is 10.2. The van der Waals surface area contributed by atoms with Crippen molar-refractivity contribution in [2.75, 3.05) is 6.26 Å². The van der Waals surface area contributed by atoms with E-state index < -0.39 is 16.1 Å². The highest BCUT2D eigenvalue weighted by molar-refractivity contribution is 7.86. The molecule has 0 fully saturated rings.